The van der Waals surface area contributed by atoms with Gasteiger partial charge in [-0.05, 0) is 56.1 Å². The Hall–Kier alpha value is -2.84. The lowest BCUT2D eigenvalue weighted by molar-refractivity contribution is 0.253. The van der Waals surface area contributed by atoms with Crippen LogP contribution < -0.4 is 20.8 Å². The number of rotatable bonds is 11. The number of urea groups is 1. The first-order valence-electron chi connectivity index (χ1n) is 10.2. The third-order valence-electron chi connectivity index (χ3n) is 5.03. The molecule has 0 spiro atoms. The van der Waals surface area contributed by atoms with Gasteiger partial charge in [0.05, 0.1) is 4.70 Å². The first kappa shape index (κ1) is 21.9. The molecular weight excluding hydrogens is 400 g/mol. The van der Waals surface area contributed by atoms with Crippen LogP contribution in [0.15, 0.2) is 47.3 Å². The summed E-state index contributed by atoms with van der Waals surface area (Å²) in [6, 6.07) is 12.6. The topological polar surface area (TPSA) is 111 Å². The SMILES string of the molecule is NC(=O)N(CCCCCCNCCc1ccc(O)c2[nH]c(=O)sc12)c1ccccc1. The highest BCUT2D eigenvalue weighted by Crippen LogP contribution is 2.27. The van der Waals surface area contributed by atoms with E-state index in [0.717, 1.165) is 72.5 Å². The highest BCUT2D eigenvalue weighted by molar-refractivity contribution is 7.16. The number of anilines is 1. The highest BCUT2D eigenvalue weighted by Gasteiger charge is 2.11. The van der Waals surface area contributed by atoms with Crippen molar-refractivity contribution in [3.8, 4) is 5.75 Å². The Balaban J connectivity index is 1.31. The van der Waals surface area contributed by atoms with Crippen LogP contribution in [-0.2, 0) is 6.42 Å². The van der Waals surface area contributed by atoms with E-state index in [1.807, 2.05) is 36.4 Å². The average Bonchev–Trinajstić information content (AvgIpc) is 3.14. The number of nitrogens with one attached hydrogen (secondary N) is 2. The van der Waals surface area contributed by atoms with Gasteiger partial charge in [0.15, 0.2) is 0 Å². The van der Waals surface area contributed by atoms with Crippen molar-refractivity contribution in [3.05, 3.63) is 57.7 Å². The van der Waals surface area contributed by atoms with Gasteiger partial charge in [0.1, 0.15) is 11.3 Å². The molecule has 2 amide bonds. The zero-order valence-electron chi connectivity index (χ0n) is 16.9. The van der Waals surface area contributed by atoms with E-state index in [9.17, 15) is 14.7 Å². The van der Waals surface area contributed by atoms with E-state index in [1.54, 1.807) is 11.0 Å². The summed E-state index contributed by atoms with van der Waals surface area (Å²) in [5, 5.41) is 13.3. The van der Waals surface area contributed by atoms with Crippen molar-refractivity contribution in [2.75, 3.05) is 24.5 Å². The predicted molar refractivity (Wildman–Crippen MR) is 123 cm³/mol. The molecule has 0 unspecified atom stereocenters. The van der Waals surface area contributed by atoms with Gasteiger partial charge < -0.3 is 21.1 Å². The molecule has 0 radical (unpaired) electrons. The standard InChI is InChI=1S/C22H28N4O3S/c23-21(28)26(17-8-4-3-5-9-17)15-7-2-1-6-13-24-14-12-16-10-11-18(27)19-20(16)30-22(29)25-19/h3-5,8-11,24,27H,1-2,6-7,12-15H2,(H2,23,28)(H,25,29). The monoisotopic (exact) mass is 428 g/mol. The Bertz CT molecular complexity index is 1020. The molecule has 1 heterocycles. The van der Waals surface area contributed by atoms with E-state index in [4.69, 9.17) is 5.73 Å². The van der Waals surface area contributed by atoms with E-state index >= 15 is 0 Å². The number of phenols is 1. The van der Waals surface area contributed by atoms with E-state index < -0.39 is 6.03 Å². The lowest BCUT2D eigenvalue weighted by atomic mass is 10.1. The summed E-state index contributed by atoms with van der Waals surface area (Å²) in [7, 11) is 0. The molecular formula is C22H28N4O3S. The van der Waals surface area contributed by atoms with Crippen molar-refractivity contribution in [3.63, 3.8) is 0 Å². The molecule has 0 bridgehead atoms. The molecule has 2 aromatic carbocycles. The number of thiazole rings is 1. The number of nitrogens with zero attached hydrogens (tertiary/aromatic N) is 1. The number of phenolic OH excluding ortho intramolecular Hbond substituents is 1. The number of carbonyl (C=O) groups excluding carboxylic acids is 1. The number of aromatic amines is 1. The molecule has 0 aliphatic carbocycles. The van der Waals surface area contributed by atoms with Crippen molar-refractivity contribution in [1.82, 2.24) is 10.3 Å². The summed E-state index contributed by atoms with van der Waals surface area (Å²) >= 11 is 1.14. The second-order valence-electron chi connectivity index (χ2n) is 7.20. The second-order valence-corrected chi connectivity index (χ2v) is 8.19. The van der Waals surface area contributed by atoms with E-state index in [-0.39, 0.29) is 10.6 Å². The summed E-state index contributed by atoms with van der Waals surface area (Å²) < 4.78 is 0.833. The van der Waals surface area contributed by atoms with Gasteiger partial charge in [-0.25, -0.2) is 4.79 Å². The van der Waals surface area contributed by atoms with Gasteiger partial charge in [0, 0.05) is 12.2 Å². The van der Waals surface area contributed by atoms with Gasteiger partial charge in [-0.15, -0.1) is 0 Å². The van der Waals surface area contributed by atoms with Gasteiger partial charge >= 0.3 is 10.9 Å². The fourth-order valence-corrected chi connectivity index (χ4v) is 4.36. The quantitative estimate of drug-likeness (QED) is 0.350. The van der Waals surface area contributed by atoms with Crippen LogP contribution >= 0.6 is 11.3 Å². The molecule has 0 saturated carbocycles. The van der Waals surface area contributed by atoms with Crippen LogP contribution in [0.25, 0.3) is 10.2 Å². The summed E-state index contributed by atoms with van der Waals surface area (Å²) in [6.45, 7) is 2.36. The van der Waals surface area contributed by atoms with Gasteiger partial charge in [-0.1, -0.05) is 48.4 Å². The van der Waals surface area contributed by atoms with Crippen LogP contribution in [0.3, 0.4) is 0 Å². The number of aromatic nitrogens is 1. The van der Waals surface area contributed by atoms with E-state index in [1.165, 1.54) is 0 Å². The maximum absolute atomic E-state index is 11.7. The summed E-state index contributed by atoms with van der Waals surface area (Å²) in [5.41, 5.74) is 7.93. The first-order valence-corrected chi connectivity index (χ1v) is 11.0. The van der Waals surface area contributed by atoms with Gasteiger partial charge in [-0.2, -0.15) is 0 Å². The molecule has 0 atom stereocenters. The fraction of sp³-hybridized carbons (Fsp3) is 0.364. The molecule has 0 aliphatic rings. The number of hydrogen-bond donors (Lipinski definition) is 4. The molecule has 30 heavy (non-hydrogen) atoms. The Morgan fingerprint density at radius 2 is 1.83 bits per heavy atom. The lowest BCUT2D eigenvalue weighted by Crippen LogP contribution is -2.36. The zero-order valence-corrected chi connectivity index (χ0v) is 17.7. The smallest absolute Gasteiger partial charge is 0.319 e. The Morgan fingerprint density at radius 1 is 1.07 bits per heavy atom. The van der Waals surface area contributed by atoms with Gasteiger partial charge in [-0.3, -0.25) is 9.69 Å². The summed E-state index contributed by atoms with van der Waals surface area (Å²) in [6.07, 6.45) is 4.89. The number of hydrogen-bond acceptors (Lipinski definition) is 5. The third kappa shape index (κ3) is 5.84. The average molecular weight is 429 g/mol. The number of amides is 2. The number of H-pyrrole nitrogens is 1. The molecule has 1 aromatic heterocycles. The van der Waals surface area contributed by atoms with Crippen molar-refractivity contribution >= 4 is 33.3 Å². The maximum Gasteiger partial charge on any atom is 0.319 e. The van der Waals surface area contributed by atoms with Crippen LogP contribution in [0.1, 0.15) is 31.2 Å². The second kappa shape index (κ2) is 10.8. The lowest BCUT2D eigenvalue weighted by Gasteiger charge is -2.20. The number of fused-ring (bicyclic) bond motifs is 1. The van der Waals surface area contributed by atoms with Crippen molar-refractivity contribution < 1.29 is 9.90 Å². The normalized spacial score (nSPS) is 11.1. The number of carbonyl (C=O) groups is 1. The zero-order chi connectivity index (χ0) is 21.3. The minimum absolute atomic E-state index is 0.113. The molecule has 3 rings (SSSR count). The molecule has 7 nitrogen and oxygen atoms in total. The number of primary amides is 1. The van der Waals surface area contributed by atoms with Crippen molar-refractivity contribution in [2.45, 2.75) is 32.1 Å². The van der Waals surface area contributed by atoms with Gasteiger partial charge in [0.25, 0.3) is 0 Å². The largest absolute Gasteiger partial charge is 0.506 e. The van der Waals surface area contributed by atoms with E-state index in [0.29, 0.717) is 12.1 Å². The Kier molecular flexibility index (Phi) is 7.87. The molecule has 0 aliphatic heterocycles. The number of benzene rings is 2. The molecule has 3 aromatic rings. The first-order chi connectivity index (χ1) is 14.6. The Labute approximate surface area is 179 Å². The van der Waals surface area contributed by atoms with Crippen molar-refractivity contribution in [1.29, 1.82) is 0 Å². The number of nitrogens with two attached hydrogens (primary N) is 1. The van der Waals surface area contributed by atoms with Gasteiger partial charge in [0.2, 0.25) is 0 Å². The molecule has 8 heteroatoms. The molecule has 0 fully saturated rings. The maximum atomic E-state index is 11.7. The van der Waals surface area contributed by atoms with Crippen LogP contribution in [0.2, 0.25) is 0 Å². The third-order valence-corrected chi connectivity index (χ3v) is 5.99. The number of aromatic hydroxyl groups is 1. The molecule has 160 valence electrons. The van der Waals surface area contributed by atoms with Crippen LogP contribution in [0.4, 0.5) is 10.5 Å². The molecule has 5 N–H and O–H groups in total. The summed E-state index contributed by atoms with van der Waals surface area (Å²) in [5.74, 6) is 0.113. The highest BCUT2D eigenvalue weighted by atomic mass is 32.1. The minimum atomic E-state index is -0.418. The van der Waals surface area contributed by atoms with Crippen molar-refractivity contribution in [2.24, 2.45) is 5.73 Å². The predicted octanol–water partition coefficient (Wildman–Crippen LogP) is 3.57. The number of para-hydroxylation sites is 1. The van der Waals surface area contributed by atoms with Crippen LogP contribution in [0, 0.1) is 0 Å². The van der Waals surface area contributed by atoms with E-state index in [2.05, 4.69) is 10.3 Å². The number of unbranched alkanes of at least 4 members (excludes halogenated alkanes) is 3. The van der Waals surface area contributed by atoms with Crippen LogP contribution in [-0.4, -0.2) is 35.8 Å². The fourth-order valence-electron chi connectivity index (χ4n) is 3.47. The van der Waals surface area contributed by atoms with Crippen LogP contribution in [0.5, 0.6) is 5.75 Å². The Morgan fingerprint density at radius 3 is 2.60 bits per heavy atom. The minimum Gasteiger partial charge on any atom is -0.506 e. The molecule has 0 saturated heterocycles. The summed E-state index contributed by atoms with van der Waals surface area (Å²) in [4.78, 5) is 27.4.